The quantitative estimate of drug-likeness (QED) is 0.664. The average Bonchev–Trinajstić information content (AvgIpc) is 2.18. The molecule has 1 aromatic carbocycles. The fourth-order valence-electron chi connectivity index (χ4n) is 1.36. The molecule has 0 aliphatic carbocycles. The molecule has 0 atom stereocenters. The summed E-state index contributed by atoms with van der Waals surface area (Å²) in [6, 6.07) is 8.49. The third-order valence-electron chi connectivity index (χ3n) is 2.20. The molecule has 0 bridgehead atoms. The summed E-state index contributed by atoms with van der Waals surface area (Å²) in [5.74, 6) is 0. The number of carbonyl (C=O) groups is 1. The van der Waals surface area contributed by atoms with Crippen LogP contribution in [-0.2, 0) is 11.3 Å². The van der Waals surface area contributed by atoms with Gasteiger partial charge in [0.1, 0.15) is 6.29 Å². The first-order valence-corrected chi connectivity index (χ1v) is 4.90. The van der Waals surface area contributed by atoms with Gasteiger partial charge in [-0.15, -0.1) is 0 Å². The summed E-state index contributed by atoms with van der Waals surface area (Å²) in [6.07, 6.45) is 1.58. The van der Waals surface area contributed by atoms with Crippen LogP contribution in [0, 0.1) is 6.92 Å². The molecular weight excluding hydrogens is 174 g/mol. The van der Waals surface area contributed by atoms with E-state index in [0.29, 0.717) is 6.42 Å². The predicted octanol–water partition coefficient (Wildman–Crippen LogP) is 2.02. The van der Waals surface area contributed by atoms with Crippen molar-refractivity contribution in [3.63, 3.8) is 0 Å². The van der Waals surface area contributed by atoms with Gasteiger partial charge in [-0.3, -0.25) is 0 Å². The highest BCUT2D eigenvalue weighted by atomic mass is 16.1. The van der Waals surface area contributed by atoms with Gasteiger partial charge in [-0.05, 0) is 19.5 Å². The molecule has 0 N–H and O–H groups in total. The number of aryl methyl sites for hydroxylation is 1. The molecule has 0 aromatic heterocycles. The number of aldehydes is 1. The van der Waals surface area contributed by atoms with Crippen LogP contribution < -0.4 is 0 Å². The Labute approximate surface area is 85.5 Å². The first-order chi connectivity index (χ1) is 6.72. The molecule has 0 radical (unpaired) electrons. The van der Waals surface area contributed by atoms with E-state index >= 15 is 0 Å². The summed E-state index contributed by atoms with van der Waals surface area (Å²) in [5, 5.41) is 0. The van der Waals surface area contributed by atoms with Gasteiger partial charge in [-0.2, -0.15) is 0 Å². The van der Waals surface area contributed by atoms with Crippen LogP contribution >= 0.6 is 0 Å². The van der Waals surface area contributed by atoms with Gasteiger partial charge in [-0.1, -0.05) is 29.8 Å². The number of carbonyl (C=O) groups excluding carboxylic acids is 1. The second-order valence-electron chi connectivity index (χ2n) is 3.68. The molecule has 0 aliphatic rings. The van der Waals surface area contributed by atoms with Gasteiger partial charge < -0.3 is 9.69 Å². The first-order valence-electron chi connectivity index (χ1n) is 4.90. The minimum absolute atomic E-state index is 0.613. The maximum atomic E-state index is 10.2. The van der Waals surface area contributed by atoms with Crippen LogP contribution in [-0.4, -0.2) is 24.8 Å². The van der Waals surface area contributed by atoms with E-state index in [9.17, 15) is 4.79 Å². The van der Waals surface area contributed by atoms with Gasteiger partial charge in [0.05, 0.1) is 0 Å². The molecule has 0 saturated heterocycles. The third kappa shape index (κ3) is 3.71. The molecule has 2 heteroatoms. The molecular formula is C12H17NO. The van der Waals surface area contributed by atoms with Crippen molar-refractivity contribution in [2.24, 2.45) is 0 Å². The molecule has 0 heterocycles. The van der Waals surface area contributed by atoms with Gasteiger partial charge in [0.15, 0.2) is 0 Å². The molecule has 2 nitrogen and oxygen atoms in total. The zero-order valence-electron chi connectivity index (χ0n) is 8.86. The SMILES string of the molecule is Cc1ccc(CN(C)CCC=O)cc1. The number of benzene rings is 1. The topological polar surface area (TPSA) is 20.3 Å². The third-order valence-corrected chi connectivity index (χ3v) is 2.20. The Kier molecular flexibility index (Phi) is 4.33. The van der Waals surface area contributed by atoms with E-state index in [1.807, 2.05) is 7.05 Å². The van der Waals surface area contributed by atoms with Gasteiger partial charge in [0.25, 0.3) is 0 Å². The summed E-state index contributed by atoms with van der Waals surface area (Å²) in [6.45, 7) is 3.82. The molecule has 76 valence electrons. The molecule has 0 fully saturated rings. The minimum atomic E-state index is 0.613. The second kappa shape index (κ2) is 5.55. The van der Waals surface area contributed by atoms with E-state index in [1.54, 1.807) is 0 Å². The predicted molar refractivity (Wildman–Crippen MR) is 58.2 cm³/mol. The van der Waals surface area contributed by atoms with Gasteiger partial charge in [0.2, 0.25) is 0 Å². The lowest BCUT2D eigenvalue weighted by atomic mass is 10.1. The van der Waals surface area contributed by atoms with Crippen LogP contribution in [0.15, 0.2) is 24.3 Å². The van der Waals surface area contributed by atoms with E-state index in [2.05, 4.69) is 36.1 Å². The highest BCUT2D eigenvalue weighted by Crippen LogP contribution is 2.05. The summed E-state index contributed by atoms with van der Waals surface area (Å²) >= 11 is 0. The number of rotatable bonds is 5. The summed E-state index contributed by atoms with van der Waals surface area (Å²) in [5.41, 5.74) is 2.58. The fourth-order valence-corrected chi connectivity index (χ4v) is 1.36. The van der Waals surface area contributed by atoms with E-state index < -0.39 is 0 Å². The lowest BCUT2D eigenvalue weighted by Crippen LogP contribution is -2.19. The molecule has 0 unspecified atom stereocenters. The van der Waals surface area contributed by atoms with E-state index in [1.165, 1.54) is 11.1 Å². The Morgan fingerprint density at radius 2 is 1.93 bits per heavy atom. The van der Waals surface area contributed by atoms with E-state index in [-0.39, 0.29) is 0 Å². The normalized spacial score (nSPS) is 10.5. The molecule has 1 rings (SSSR count). The summed E-state index contributed by atoms with van der Waals surface area (Å²) in [7, 11) is 2.03. The van der Waals surface area contributed by atoms with Crippen molar-refractivity contribution < 1.29 is 4.79 Å². The summed E-state index contributed by atoms with van der Waals surface area (Å²) in [4.78, 5) is 12.3. The first kappa shape index (κ1) is 10.9. The van der Waals surface area contributed by atoms with Gasteiger partial charge in [0, 0.05) is 19.5 Å². The van der Waals surface area contributed by atoms with Crippen LogP contribution in [0.2, 0.25) is 0 Å². The van der Waals surface area contributed by atoms with Crippen molar-refractivity contribution in [2.45, 2.75) is 19.9 Å². The van der Waals surface area contributed by atoms with Crippen molar-refractivity contribution in [3.8, 4) is 0 Å². The zero-order chi connectivity index (χ0) is 10.4. The Hall–Kier alpha value is -1.15. The largest absolute Gasteiger partial charge is 0.303 e. The lowest BCUT2D eigenvalue weighted by Gasteiger charge is -2.14. The van der Waals surface area contributed by atoms with Crippen LogP contribution in [0.4, 0.5) is 0 Å². The van der Waals surface area contributed by atoms with Crippen molar-refractivity contribution in [1.29, 1.82) is 0 Å². The number of nitrogens with zero attached hydrogens (tertiary/aromatic N) is 1. The smallest absolute Gasteiger partial charge is 0.121 e. The number of hydrogen-bond donors (Lipinski definition) is 0. The van der Waals surface area contributed by atoms with Gasteiger partial charge in [-0.25, -0.2) is 0 Å². The summed E-state index contributed by atoms with van der Waals surface area (Å²) < 4.78 is 0. The van der Waals surface area contributed by atoms with Crippen molar-refractivity contribution in [1.82, 2.24) is 4.90 Å². The fraction of sp³-hybridized carbons (Fsp3) is 0.417. The average molecular weight is 191 g/mol. The van der Waals surface area contributed by atoms with Crippen LogP contribution in [0.1, 0.15) is 17.5 Å². The Balaban J connectivity index is 2.43. The minimum Gasteiger partial charge on any atom is -0.303 e. The second-order valence-corrected chi connectivity index (χ2v) is 3.68. The van der Waals surface area contributed by atoms with Gasteiger partial charge >= 0.3 is 0 Å². The van der Waals surface area contributed by atoms with Crippen molar-refractivity contribution >= 4 is 6.29 Å². The van der Waals surface area contributed by atoms with Crippen LogP contribution in [0.25, 0.3) is 0 Å². The highest BCUT2D eigenvalue weighted by Gasteiger charge is 1.98. The monoisotopic (exact) mass is 191 g/mol. The van der Waals surface area contributed by atoms with Crippen LogP contribution in [0.3, 0.4) is 0 Å². The molecule has 1 aromatic rings. The molecule has 0 amide bonds. The molecule has 0 saturated carbocycles. The van der Waals surface area contributed by atoms with Crippen LogP contribution in [0.5, 0.6) is 0 Å². The maximum Gasteiger partial charge on any atom is 0.121 e. The van der Waals surface area contributed by atoms with Crippen molar-refractivity contribution in [3.05, 3.63) is 35.4 Å². The van der Waals surface area contributed by atoms with E-state index in [0.717, 1.165) is 19.4 Å². The maximum absolute atomic E-state index is 10.2. The lowest BCUT2D eigenvalue weighted by molar-refractivity contribution is -0.108. The highest BCUT2D eigenvalue weighted by molar-refractivity contribution is 5.49. The van der Waals surface area contributed by atoms with Crippen molar-refractivity contribution in [2.75, 3.05) is 13.6 Å². The molecule has 0 spiro atoms. The zero-order valence-corrected chi connectivity index (χ0v) is 8.86. The standard InChI is InChI=1S/C12H17NO/c1-11-4-6-12(7-5-11)10-13(2)8-3-9-14/h4-7,9H,3,8,10H2,1-2H3. The Bertz CT molecular complexity index is 279. The van der Waals surface area contributed by atoms with E-state index in [4.69, 9.17) is 0 Å². The number of hydrogen-bond acceptors (Lipinski definition) is 2. The molecule has 14 heavy (non-hydrogen) atoms. The Morgan fingerprint density at radius 3 is 2.50 bits per heavy atom. The Morgan fingerprint density at radius 1 is 1.29 bits per heavy atom. The molecule has 0 aliphatic heterocycles.